The minimum Gasteiger partial charge on any atom is -0.299 e. The molecule has 0 radical (unpaired) electrons. The Hall–Kier alpha value is -1.76. The number of likely N-dealkylation sites (tertiary alicyclic amines) is 1. The van der Waals surface area contributed by atoms with E-state index < -0.39 is 10.0 Å². The van der Waals surface area contributed by atoms with Gasteiger partial charge in [0.2, 0.25) is 10.0 Å². The van der Waals surface area contributed by atoms with Crippen molar-refractivity contribution in [2.45, 2.75) is 50.0 Å². The Kier molecular flexibility index (Phi) is 5.16. The highest BCUT2D eigenvalue weighted by molar-refractivity contribution is 7.89. The van der Waals surface area contributed by atoms with Crippen LogP contribution in [0.1, 0.15) is 53.4 Å². The topological polar surface area (TPSA) is 40.6 Å². The summed E-state index contributed by atoms with van der Waals surface area (Å²) in [5.41, 5.74) is 4.45. The van der Waals surface area contributed by atoms with E-state index in [1.165, 1.54) is 17.5 Å². The number of rotatable bonds is 7. The number of fused-ring (bicyclic) bond motifs is 1. The zero-order chi connectivity index (χ0) is 21.9. The molecule has 1 saturated carbocycles. The van der Waals surface area contributed by atoms with E-state index in [2.05, 4.69) is 35.2 Å². The first kappa shape index (κ1) is 20.8. The summed E-state index contributed by atoms with van der Waals surface area (Å²) in [6.45, 7) is 3.11. The molecule has 4 nitrogen and oxygen atoms in total. The summed E-state index contributed by atoms with van der Waals surface area (Å²) in [5.74, 6) is 0.781. The fraction of sp³-hybridized carbons (Fsp3) is 0.538. The third kappa shape index (κ3) is 3.80. The van der Waals surface area contributed by atoms with Gasteiger partial charge >= 0.3 is 0 Å². The van der Waals surface area contributed by atoms with E-state index in [0.717, 1.165) is 44.3 Å². The van der Waals surface area contributed by atoms with Crippen LogP contribution in [0.2, 0.25) is 0 Å². The van der Waals surface area contributed by atoms with Crippen molar-refractivity contribution in [3.63, 3.8) is 0 Å². The van der Waals surface area contributed by atoms with Crippen LogP contribution in [0.15, 0.2) is 42.5 Å². The summed E-state index contributed by atoms with van der Waals surface area (Å²) >= 11 is 0. The van der Waals surface area contributed by atoms with Gasteiger partial charge in [0.1, 0.15) is 5.82 Å². The molecule has 0 amide bonds. The maximum absolute atomic E-state index is 15.2. The monoisotopic (exact) mass is 454 g/mol. The van der Waals surface area contributed by atoms with Gasteiger partial charge < -0.3 is 0 Å². The molecule has 0 N–H and O–H groups in total. The van der Waals surface area contributed by atoms with Crippen LogP contribution in [-0.2, 0) is 22.9 Å². The number of sulfonamides is 1. The van der Waals surface area contributed by atoms with Crippen LogP contribution < -0.4 is 0 Å². The Labute approximate surface area is 190 Å². The van der Waals surface area contributed by atoms with Crippen molar-refractivity contribution in [2.75, 3.05) is 31.9 Å². The van der Waals surface area contributed by atoms with E-state index in [0.29, 0.717) is 36.5 Å². The molecule has 2 aromatic carbocycles. The number of halogens is 1. The lowest BCUT2D eigenvalue weighted by Crippen LogP contribution is -2.49. The second kappa shape index (κ2) is 7.93. The first-order valence-electron chi connectivity index (χ1n) is 12.1. The summed E-state index contributed by atoms with van der Waals surface area (Å²) in [6, 6.07) is 14.9. The number of hydrogen-bond donors (Lipinski definition) is 0. The van der Waals surface area contributed by atoms with Gasteiger partial charge in [-0.25, -0.2) is 17.1 Å². The molecule has 2 unspecified atom stereocenters. The fourth-order valence-corrected chi connectivity index (χ4v) is 7.73. The normalized spacial score (nSPS) is 26.5. The lowest BCUT2D eigenvalue weighted by Gasteiger charge is -2.40. The quantitative estimate of drug-likeness (QED) is 0.637. The largest absolute Gasteiger partial charge is 0.299 e. The molecule has 2 heterocycles. The second-order valence-corrected chi connectivity index (χ2v) is 12.3. The fourth-order valence-electron chi connectivity index (χ4n) is 5.78. The van der Waals surface area contributed by atoms with Crippen LogP contribution in [-0.4, -0.2) is 55.6 Å². The van der Waals surface area contributed by atoms with Crippen molar-refractivity contribution in [1.82, 2.24) is 9.21 Å². The SMILES string of the molecule is O=S(=O)(CC1CC1)N1CC(c2cc3c(cc2F)CC(N2CCC2)C3Cc2ccccc2)C1. The maximum atomic E-state index is 15.2. The van der Waals surface area contributed by atoms with E-state index in [4.69, 9.17) is 0 Å². The first-order valence-corrected chi connectivity index (χ1v) is 13.7. The zero-order valence-electron chi connectivity index (χ0n) is 18.4. The average molecular weight is 455 g/mol. The molecule has 2 aliphatic carbocycles. The highest BCUT2D eigenvalue weighted by Gasteiger charge is 2.43. The van der Waals surface area contributed by atoms with Gasteiger partial charge in [0, 0.05) is 31.0 Å². The van der Waals surface area contributed by atoms with E-state index in [1.807, 2.05) is 6.07 Å². The minimum atomic E-state index is -3.19. The Balaban J connectivity index is 1.25. The molecule has 170 valence electrons. The molecule has 3 fully saturated rings. The summed E-state index contributed by atoms with van der Waals surface area (Å²) in [7, 11) is -3.19. The van der Waals surface area contributed by atoms with Crippen molar-refractivity contribution in [3.05, 3.63) is 70.5 Å². The van der Waals surface area contributed by atoms with E-state index in [1.54, 1.807) is 10.4 Å². The van der Waals surface area contributed by atoms with Crippen molar-refractivity contribution in [3.8, 4) is 0 Å². The molecular formula is C26H31FN2O2S. The predicted molar refractivity (Wildman–Crippen MR) is 124 cm³/mol. The lowest BCUT2D eigenvalue weighted by molar-refractivity contribution is 0.106. The summed E-state index contributed by atoms with van der Waals surface area (Å²) < 4.78 is 41.8. The van der Waals surface area contributed by atoms with E-state index >= 15 is 4.39 Å². The van der Waals surface area contributed by atoms with Crippen molar-refractivity contribution in [1.29, 1.82) is 0 Å². The third-order valence-electron chi connectivity index (χ3n) is 8.03. The van der Waals surface area contributed by atoms with Crippen LogP contribution in [0.5, 0.6) is 0 Å². The Morgan fingerprint density at radius 3 is 2.41 bits per heavy atom. The molecule has 2 saturated heterocycles. The van der Waals surface area contributed by atoms with Gasteiger partial charge in [0.05, 0.1) is 5.75 Å². The predicted octanol–water partition coefficient (Wildman–Crippen LogP) is 3.92. The van der Waals surface area contributed by atoms with Crippen molar-refractivity contribution >= 4 is 10.0 Å². The average Bonchev–Trinajstić information content (AvgIpc) is 3.42. The zero-order valence-corrected chi connectivity index (χ0v) is 19.2. The van der Waals surface area contributed by atoms with Crippen LogP contribution in [0.3, 0.4) is 0 Å². The van der Waals surface area contributed by atoms with Gasteiger partial charge in [0.15, 0.2) is 0 Å². The van der Waals surface area contributed by atoms with Gasteiger partial charge in [-0.2, -0.15) is 0 Å². The molecule has 6 heteroatoms. The summed E-state index contributed by atoms with van der Waals surface area (Å²) in [5, 5.41) is 0. The summed E-state index contributed by atoms with van der Waals surface area (Å²) in [4.78, 5) is 2.56. The van der Waals surface area contributed by atoms with Gasteiger partial charge in [0.25, 0.3) is 0 Å². The van der Waals surface area contributed by atoms with Crippen molar-refractivity contribution < 1.29 is 12.8 Å². The molecule has 0 aromatic heterocycles. The highest BCUT2D eigenvalue weighted by atomic mass is 32.2. The number of benzene rings is 2. The molecule has 2 atom stereocenters. The highest BCUT2D eigenvalue weighted by Crippen LogP contribution is 2.43. The van der Waals surface area contributed by atoms with Gasteiger partial charge in [-0.1, -0.05) is 36.4 Å². The molecule has 6 rings (SSSR count). The third-order valence-corrected chi connectivity index (χ3v) is 10.0. The smallest absolute Gasteiger partial charge is 0.214 e. The van der Waals surface area contributed by atoms with Crippen LogP contribution in [0, 0.1) is 11.7 Å². The first-order chi connectivity index (χ1) is 15.5. The molecule has 4 aliphatic rings. The Morgan fingerprint density at radius 2 is 1.75 bits per heavy atom. The maximum Gasteiger partial charge on any atom is 0.214 e. The molecule has 0 bridgehead atoms. The van der Waals surface area contributed by atoms with E-state index in [-0.39, 0.29) is 17.5 Å². The molecule has 2 aliphatic heterocycles. The number of hydrogen-bond acceptors (Lipinski definition) is 3. The van der Waals surface area contributed by atoms with Crippen LogP contribution >= 0.6 is 0 Å². The minimum absolute atomic E-state index is 0.0327. The van der Waals surface area contributed by atoms with Crippen LogP contribution in [0.4, 0.5) is 4.39 Å². The Morgan fingerprint density at radius 1 is 1.00 bits per heavy atom. The molecule has 0 spiro atoms. The second-order valence-electron chi connectivity index (χ2n) is 10.3. The van der Waals surface area contributed by atoms with Crippen molar-refractivity contribution in [2.24, 2.45) is 5.92 Å². The molecule has 2 aromatic rings. The summed E-state index contributed by atoms with van der Waals surface area (Å²) in [6.07, 6.45) is 5.18. The molecular weight excluding hydrogens is 423 g/mol. The van der Waals surface area contributed by atoms with Gasteiger partial charge in [-0.15, -0.1) is 0 Å². The number of nitrogens with zero attached hydrogens (tertiary/aromatic N) is 2. The lowest BCUT2D eigenvalue weighted by atomic mass is 9.85. The Bertz CT molecular complexity index is 1110. The van der Waals surface area contributed by atoms with Gasteiger partial charge in [-0.3, -0.25) is 4.90 Å². The van der Waals surface area contributed by atoms with Gasteiger partial charge in [-0.05, 0) is 79.4 Å². The molecule has 32 heavy (non-hydrogen) atoms. The van der Waals surface area contributed by atoms with E-state index in [9.17, 15) is 8.42 Å². The standard InChI is InChI=1S/C26H31FN2O2S/c27-25-12-20-13-26(28-9-4-10-28)24(11-18-5-2-1-3-6-18)22(20)14-23(25)21-15-29(16-21)32(30,31)17-19-7-8-19/h1-3,5-6,12,14,19,21,24,26H,4,7-11,13,15-17H2. The van der Waals surface area contributed by atoms with Crippen LogP contribution in [0.25, 0.3) is 0 Å².